The molecule has 0 spiro atoms. The first-order valence-electron chi connectivity index (χ1n) is 8.30. The molecule has 1 rings (SSSR count). The van der Waals surface area contributed by atoms with Crippen molar-refractivity contribution in [1.29, 1.82) is 0 Å². The van der Waals surface area contributed by atoms with Gasteiger partial charge in [0.05, 0.1) is 6.10 Å². The Morgan fingerprint density at radius 2 is 1.81 bits per heavy atom. The summed E-state index contributed by atoms with van der Waals surface area (Å²) in [5.41, 5.74) is 0.319. The molecule has 1 N–H and O–H groups in total. The second-order valence-electron chi connectivity index (χ2n) is 7.45. The number of rotatable bonds is 7. The highest BCUT2D eigenvalue weighted by Gasteiger charge is 2.40. The van der Waals surface area contributed by atoms with Crippen LogP contribution in [-0.2, 0) is 9.53 Å². The molecule has 1 aliphatic heterocycles. The largest absolute Gasteiger partial charge is 0.464 e. The molecule has 0 aromatic carbocycles. The van der Waals surface area contributed by atoms with Crippen LogP contribution in [0.3, 0.4) is 0 Å². The zero-order valence-corrected chi connectivity index (χ0v) is 14.4. The van der Waals surface area contributed by atoms with E-state index in [2.05, 4.69) is 32.6 Å². The molecule has 0 radical (unpaired) electrons. The van der Waals surface area contributed by atoms with Gasteiger partial charge in [-0.05, 0) is 59.8 Å². The molecule has 1 aliphatic rings. The van der Waals surface area contributed by atoms with Crippen LogP contribution in [0.5, 0.6) is 0 Å². The van der Waals surface area contributed by atoms with E-state index in [1.54, 1.807) is 0 Å². The molecule has 0 saturated carbocycles. The van der Waals surface area contributed by atoms with Gasteiger partial charge in [0.15, 0.2) is 0 Å². The lowest BCUT2D eigenvalue weighted by molar-refractivity contribution is -0.146. The fourth-order valence-corrected chi connectivity index (χ4v) is 3.46. The molecule has 1 fully saturated rings. The normalized spacial score (nSPS) is 22.8. The highest BCUT2D eigenvalue weighted by Crippen LogP contribution is 2.37. The topological polar surface area (TPSA) is 49.8 Å². The highest BCUT2D eigenvalue weighted by molar-refractivity contribution is 5.69. The van der Waals surface area contributed by atoms with E-state index in [1.165, 1.54) is 19.3 Å². The Labute approximate surface area is 129 Å². The average Bonchev–Trinajstić information content (AvgIpc) is 2.38. The second kappa shape index (κ2) is 7.59. The summed E-state index contributed by atoms with van der Waals surface area (Å²) < 4.78 is 5.33. The Morgan fingerprint density at radius 1 is 1.24 bits per heavy atom. The summed E-state index contributed by atoms with van der Waals surface area (Å²) in [5, 5.41) is 9.46. The molecule has 1 atom stereocenters. The van der Waals surface area contributed by atoms with Gasteiger partial charge in [0.2, 0.25) is 0 Å². The molecule has 1 heterocycles. The first-order valence-corrected chi connectivity index (χ1v) is 8.30. The molecule has 0 aromatic heterocycles. The molecule has 4 nitrogen and oxygen atoms in total. The zero-order valence-electron chi connectivity index (χ0n) is 14.4. The minimum absolute atomic E-state index is 0.159. The van der Waals surface area contributed by atoms with E-state index in [9.17, 15) is 9.90 Å². The van der Waals surface area contributed by atoms with Gasteiger partial charge in [-0.1, -0.05) is 6.92 Å². The predicted molar refractivity (Wildman–Crippen MR) is 85.2 cm³/mol. The van der Waals surface area contributed by atoms with Gasteiger partial charge in [-0.2, -0.15) is 0 Å². The number of carbonyl (C=O) groups excluding carboxylic acids is 1. The SMILES string of the molecule is CCC(O)CCC(=O)OCCN1C(C)(C)CCCC1(C)C. The highest BCUT2D eigenvalue weighted by atomic mass is 16.5. The molecule has 0 bridgehead atoms. The predicted octanol–water partition coefficient (Wildman–Crippen LogP) is 3.12. The zero-order chi connectivity index (χ0) is 16.1. The lowest BCUT2D eigenvalue weighted by Crippen LogP contribution is -2.59. The Morgan fingerprint density at radius 3 is 2.33 bits per heavy atom. The fourth-order valence-electron chi connectivity index (χ4n) is 3.46. The van der Waals surface area contributed by atoms with Crippen LogP contribution in [0.25, 0.3) is 0 Å². The van der Waals surface area contributed by atoms with Crippen molar-refractivity contribution in [2.24, 2.45) is 0 Å². The van der Waals surface area contributed by atoms with E-state index in [0.29, 0.717) is 25.9 Å². The minimum atomic E-state index is -0.391. The maximum atomic E-state index is 11.7. The quantitative estimate of drug-likeness (QED) is 0.734. The smallest absolute Gasteiger partial charge is 0.305 e. The van der Waals surface area contributed by atoms with Gasteiger partial charge in [0, 0.05) is 24.0 Å². The van der Waals surface area contributed by atoms with Gasteiger partial charge in [0.25, 0.3) is 0 Å². The lowest BCUT2D eigenvalue weighted by Gasteiger charge is -2.52. The van der Waals surface area contributed by atoms with Crippen LogP contribution in [0.1, 0.15) is 73.1 Å². The number of hydrogen-bond acceptors (Lipinski definition) is 4. The fraction of sp³-hybridized carbons (Fsp3) is 0.941. The van der Waals surface area contributed by atoms with Crippen molar-refractivity contribution in [1.82, 2.24) is 4.90 Å². The van der Waals surface area contributed by atoms with Crippen molar-refractivity contribution < 1.29 is 14.6 Å². The van der Waals surface area contributed by atoms with Gasteiger partial charge < -0.3 is 9.84 Å². The third kappa shape index (κ3) is 5.59. The maximum absolute atomic E-state index is 11.7. The summed E-state index contributed by atoms with van der Waals surface area (Å²) in [4.78, 5) is 14.1. The van der Waals surface area contributed by atoms with Crippen LogP contribution in [0.2, 0.25) is 0 Å². The summed E-state index contributed by atoms with van der Waals surface area (Å²) in [6.45, 7) is 12.2. The van der Waals surface area contributed by atoms with E-state index < -0.39 is 6.10 Å². The molecule has 0 amide bonds. The van der Waals surface area contributed by atoms with Crippen LogP contribution in [0.15, 0.2) is 0 Å². The molecule has 4 heteroatoms. The molecule has 0 aliphatic carbocycles. The molecule has 0 aromatic rings. The first-order chi connectivity index (χ1) is 9.69. The van der Waals surface area contributed by atoms with Crippen molar-refractivity contribution >= 4 is 5.97 Å². The Bertz CT molecular complexity index is 323. The molecule has 124 valence electrons. The molecule has 1 saturated heterocycles. The van der Waals surface area contributed by atoms with Gasteiger partial charge in [-0.15, -0.1) is 0 Å². The van der Waals surface area contributed by atoms with Crippen molar-refractivity contribution in [2.45, 2.75) is 90.3 Å². The van der Waals surface area contributed by atoms with Crippen molar-refractivity contribution in [2.75, 3.05) is 13.2 Å². The number of piperidine rings is 1. The number of ether oxygens (including phenoxy) is 1. The molecular weight excluding hydrogens is 266 g/mol. The Kier molecular flexibility index (Phi) is 6.67. The van der Waals surface area contributed by atoms with Crippen LogP contribution < -0.4 is 0 Å². The molecular formula is C17H33NO3. The number of aliphatic hydroxyl groups excluding tert-OH is 1. The number of hydrogen-bond donors (Lipinski definition) is 1. The van der Waals surface area contributed by atoms with Crippen LogP contribution >= 0.6 is 0 Å². The van der Waals surface area contributed by atoms with Crippen LogP contribution in [0, 0.1) is 0 Å². The third-order valence-corrected chi connectivity index (χ3v) is 4.77. The minimum Gasteiger partial charge on any atom is -0.464 e. The second-order valence-corrected chi connectivity index (χ2v) is 7.45. The molecule has 1 unspecified atom stereocenters. The van der Waals surface area contributed by atoms with Crippen molar-refractivity contribution in [3.05, 3.63) is 0 Å². The Hall–Kier alpha value is -0.610. The van der Waals surface area contributed by atoms with Gasteiger partial charge in [-0.3, -0.25) is 9.69 Å². The van der Waals surface area contributed by atoms with Crippen molar-refractivity contribution in [3.8, 4) is 0 Å². The number of nitrogens with zero attached hydrogens (tertiary/aromatic N) is 1. The lowest BCUT2D eigenvalue weighted by atomic mass is 9.80. The number of likely N-dealkylation sites (tertiary alicyclic amines) is 1. The number of aliphatic hydroxyl groups is 1. The average molecular weight is 299 g/mol. The summed E-state index contributed by atoms with van der Waals surface area (Å²) in [6.07, 6.45) is 4.73. The monoisotopic (exact) mass is 299 g/mol. The summed E-state index contributed by atoms with van der Waals surface area (Å²) in [5.74, 6) is -0.199. The van der Waals surface area contributed by atoms with Crippen LogP contribution in [-0.4, -0.2) is 46.3 Å². The van der Waals surface area contributed by atoms with E-state index in [1.807, 2.05) is 6.92 Å². The van der Waals surface area contributed by atoms with E-state index in [4.69, 9.17) is 4.74 Å². The number of esters is 1. The van der Waals surface area contributed by atoms with Gasteiger partial charge in [-0.25, -0.2) is 0 Å². The third-order valence-electron chi connectivity index (χ3n) is 4.77. The van der Waals surface area contributed by atoms with Gasteiger partial charge in [0.1, 0.15) is 6.61 Å². The van der Waals surface area contributed by atoms with E-state index in [-0.39, 0.29) is 17.0 Å². The Balaban J connectivity index is 2.38. The van der Waals surface area contributed by atoms with Crippen LogP contribution in [0.4, 0.5) is 0 Å². The summed E-state index contributed by atoms with van der Waals surface area (Å²) >= 11 is 0. The summed E-state index contributed by atoms with van der Waals surface area (Å²) in [7, 11) is 0. The maximum Gasteiger partial charge on any atom is 0.305 e. The van der Waals surface area contributed by atoms with E-state index in [0.717, 1.165) is 6.54 Å². The standard InChI is InChI=1S/C17H33NO3/c1-6-14(19)8-9-15(20)21-13-12-18-16(2,3)10-7-11-17(18,4)5/h14,19H,6-13H2,1-5H3. The van der Waals surface area contributed by atoms with Gasteiger partial charge >= 0.3 is 5.97 Å². The first kappa shape index (κ1) is 18.4. The number of carbonyl (C=O) groups is 1. The molecule has 21 heavy (non-hydrogen) atoms. The summed E-state index contributed by atoms with van der Waals surface area (Å²) in [6, 6.07) is 0. The van der Waals surface area contributed by atoms with E-state index >= 15 is 0 Å². The van der Waals surface area contributed by atoms with Crippen molar-refractivity contribution in [3.63, 3.8) is 0 Å².